The fraction of sp³-hybridized carbons (Fsp3) is 0.538. The Hall–Kier alpha value is -1.23. The fourth-order valence-corrected chi connectivity index (χ4v) is 1.75. The van der Waals surface area contributed by atoms with Crippen LogP contribution >= 0.6 is 0 Å². The van der Waals surface area contributed by atoms with Gasteiger partial charge >= 0.3 is 6.18 Å². The number of aliphatic hydroxyl groups excluding tert-OH is 1. The summed E-state index contributed by atoms with van der Waals surface area (Å²) in [5, 5.41) is 9.35. The minimum atomic E-state index is -4.21. The SMILES string of the molecule is CCCN(CC(F)(F)F)c1ccc([C@@H](C)O)cc1. The van der Waals surface area contributed by atoms with Gasteiger partial charge in [-0.3, -0.25) is 0 Å². The number of hydrogen-bond donors (Lipinski definition) is 1. The molecule has 0 fully saturated rings. The molecule has 1 atom stereocenters. The van der Waals surface area contributed by atoms with Crippen LogP contribution < -0.4 is 4.90 Å². The van der Waals surface area contributed by atoms with Gasteiger partial charge in [-0.15, -0.1) is 0 Å². The molecule has 0 unspecified atom stereocenters. The largest absolute Gasteiger partial charge is 0.405 e. The van der Waals surface area contributed by atoms with Crippen LogP contribution in [0.15, 0.2) is 24.3 Å². The standard InChI is InChI=1S/C13H18F3NO/c1-3-8-17(9-13(14,15)16)12-6-4-11(5-7-12)10(2)18/h4-7,10,18H,3,8-9H2,1-2H3/t10-/m1/s1. The summed E-state index contributed by atoms with van der Waals surface area (Å²) in [5.41, 5.74) is 1.22. The first-order valence-electron chi connectivity index (χ1n) is 5.93. The average molecular weight is 261 g/mol. The molecule has 0 aromatic heterocycles. The number of aliphatic hydroxyl groups is 1. The highest BCUT2D eigenvalue weighted by Crippen LogP contribution is 2.24. The lowest BCUT2D eigenvalue weighted by molar-refractivity contribution is -0.119. The lowest BCUT2D eigenvalue weighted by atomic mass is 10.1. The molecule has 0 bridgehead atoms. The number of benzene rings is 1. The number of hydrogen-bond acceptors (Lipinski definition) is 2. The molecular weight excluding hydrogens is 243 g/mol. The molecule has 0 heterocycles. The topological polar surface area (TPSA) is 23.5 Å². The molecule has 0 amide bonds. The van der Waals surface area contributed by atoms with E-state index in [4.69, 9.17) is 0 Å². The quantitative estimate of drug-likeness (QED) is 0.876. The van der Waals surface area contributed by atoms with Gasteiger partial charge in [-0.05, 0) is 31.0 Å². The summed E-state index contributed by atoms with van der Waals surface area (Å²) in [6.07, 6.45) is -4.17. The zero-order valence-electron chi connectivity index (χ0n) is 10.5. The summed E-state index contributed by atoms with van der Waals surface area (Å²) >= 11 is 0. The summed E-state index contributed by atoms with van der Waals surface area (Å²) < 4.78 is 37.3. The normalized spacial score (nSPS) is 13.4. The van der Waals surface area contributed by atoms with Gasteiger partial charge in [0.15, 0.2) is 0 Å². The third-order valence-corrected chi connectivity index (χ3v) is 2.60. The Morgan fingerprint density at radius 1 is 1.22 bits per heavy atom. The van der Waals surface area contributed by atoms with Crippen molar-refractivity contribution >= 4 is 5.69 Å². The van der Waals surface area contributed by atoms with E-state index in [1.54, 1.807) is 31.2 Å². The molecule has 102 valence electrons. The van der Waals surface area contributed by atoms with Gasteiger partial charge in [-0.1, -0.05) is 19.1 Å². The number of anilines is 1. The van der Waals surface area contributed by atoms with Crippen LogP contribution in [0.4, 0.5) is 18.9 Å². The molecule has 0 radical (unpaired) electrons. The highest BCUT2D eigenvalue weighted by molar-refractivity contribution is 5.48. The number of halogens is 3. The first kappa shape index (κ1) is 14.8. The van der Waals surface area contributed by atoms with Crippen LogP contribution in [0.5, 0.6) is 0 Å². The second-order valence-corrected chi connectivity index (χ2v) is 4.30. The molecule has 5 heteroatoms. The maximum Gasteiger partial charge on any atom is 0.405 e. The highest BCUT2D eigenvalue weighted by atomic mass is 19.4. The summed E-state index contributed by atoms with van der Waals surface area (Å²) in [6.45, 7) is 2.87. The molecule has 0 aliphatic heterocycles. The molecule has 1 aromatic rings. The number of nitrogens with zero attached hydrogens (tertiary/aromatic N) is 1. The van der Waals surface area contributed by atoms with Gasteiger partial charge in [0, 0.05) is 12.2 Å². The molecule has 2 nitrogen and oxygen atoms in total. The second kappa shape index (κ2) is 6.09. The predicted octanol–water partition coefficient (Wildman–Crippen LogP) is 3.52. The minimum absolute atomic E-state index is 0.355. The van der Waals surface area contributed by atoms with Crippen molar-refractivity contribution in [1.29, 1.82) is 0 Å². The van der Waals surface area contributed by atoms with E-state index in [9.17, 15) is 18.3 Å². The third-order valence-electron chi connectivity index (χ3n) is 2.60. The maximum atomic E-state index is 12.4. The van der Waals surface area contributed by atoms with Crippen molar-refractivity contribution in [1.82, 2.24) is 0 Å². The summed E-state index contributed by atoms with van der Waals surface area (Å²) in [7, 11) is 0. The monoisotopic (exact) mass is 261 g/mol. The van der Waals surface area contributed by atoms with Crippen LogP contribution in [0, 0.1) is 0 Å². The third kappa shape index (κ3) is 4.56. The number of alkyl halides is 3. The van der Waals surface area contributed by atoms with E-state index in [1.165, 1.54) is 4.90 Å². The van der Waals surface area contributed by atoms with Crippen LogP contribution in [0.1, 0.15) is 31.9 Å². The Morgan fingerprint density at radius 2 is 1.78 bits per heavy atom. The smallest absolute Gasteiger partial charge is 0.389 e. The Kier molecular flexibility index (Phi) is 5.02. The zero-order valence-corrected chi connectivity index (χ0v) is 10.5. The van der Waals surface area contributed by atoms with Gasteiger partial charge < -0.3 is 10.0 Å². The van der Waals surface area contributed by atoms with Crippen molar-refractivity contribution in [2.24, 2.45) is 0 Å². The van der Waals surface area contributed by atoms with Gasteiger partial charge in [0.1, 0.15) is 6.54 Å². The Labute approximate surface area is 105 Å². The van der Waals surface area contributed by atoms with Gasteiger partial charge in [0.05, 0.1) is 6.10 Å². The molecule has 0 spiro atoms. The molecule has 0 aliphatic rings. The summed E-state index contributed by atoms with van der Waals surface area (Å²) in [4.78, 5) is 1.30. The van der Waals surface area contributed by atoms with E-state index in [0.29, 0.717) is 24.2 Å². The molecule has 1 rings (SSSR count). The molecule has 1 N–H and O–H groups in total. The lowest BCUT2D eigenvalue weighted by Crippen LogP contribution is -2.34. The van der Waals surface area contributed by atoms with E-state index in [-0.39, 0.29) is 0 Å². The van der Waals surface area contributed by atoms with Gasteiger partial charge in [-0.25, -0.2) is 0 Å². The van der Waals surface area contributed by atoms with Crippen molar-refractivity contribution in [2.45, 2.75) is 32.5 Å². The zero-order chi connectivity index (χ0) is 13.8. The van der Waals surface area contributed by atoms with Gasteiger partial charge in [-0.2, -0.15) is 13.2 Å². The first-order valence-corrected chi connectivity index (χ1v) is 5.93. The fourth-order valence-electron chi connectivity index (χ4n) is 1.75. The van der Waals surface area contributed by atoms with Crippen LogP contribution in [0.25, 0.3) is 0 Å². The Balaban J connectivity index is 2.85. The van der Waals surface area contributed by atoms with Crippen molar-refractivity contribution in [3.8, 4) is 0 Å². The molecule has 0 aliphatic carbocycles. The van der Waals surface area contributed by atoms with Gasteiger partial charge in [0.2, 0.25) is 0 Å². The first-order chi connectivity index (χ1) is 8.33. The maximum absolute atomic E-state index is 12.4. The number of rotatable bonds is 5. The minimum Gasteiger partial charge on any atom is -0.389 e. The van der Waals surface area contributed by atoms with E-state index in [0.717, 1.165) is 0 Å². The molecule has 0 saturated carbocycles. The van der Waals surface area contributed by atoms with E-state index in [2.05, 4.69) is 0 Å². The van der Waals surface area contributed by atoms with Crippen LogP contribution in [0.2, 0.25) is 0 Å². The molecule has 1 aromatic carbocycles. The highest BCUT2D eigenvalue weighted by Gasteiger charge is 2.30. The van der Waals surface area contributed by atoms with Gasteiger partial charge in [0.25, 0.3) is 0 Å². The predicted molar refractivity (Wildman–Crippen MR) is 65.6 cm³/mol. The lowest BCUT2D eigenvalue weighted by Gasteiger charge is -2.25. The van der Waals surface area contributed by atoms with E-state index >= 15 is 0 Å². The Morgan fingerprint density at radius 3 is 2.17 bits per heavy atom. The summed E-state index contributed by atoms with van der Waals surface area (Å²) in [6, 6.07) is 6.53. The van der Waals surface area contributed by atoms with Crippen LogP contribution in [-0.2, 0) is 0 Å². The Bertz CT molecular complexity index is 359. The van der Waals surface area contributed by atoms with Crippen LogP contribution in [-0.4, -0.2) is 24.4 Å². The second-order valence-electron chi connectivity index (χ2n) is 4.30. The van der Waals surface area contributed by atoms with E-state index < -0.39 is 18.8 Å². The average Bonchev–Trinajstić information content (AvgIpc) is 2.27. The van der Waals surface area contributed by atoms with Crippen LogP contribution in [0.3, 0.4) is 0 Å². The van der Waals surface area contributed by atoms with Crippen molar-refractivity contribution < 1.29 is 18.3 Å². The van der Waals surface area contributed by atoms with Crippen molar-refractivity contribution in [2.75, 3.05) is 18.0 Å². The molecule has 0 saturated heterocycles. The van der Waals surface area contributed by atoms with Crippen molar-refractivity contribution in [3.63, 3.8) is 0 Å². The molecular formula is C13H18F3NO. The van der Waals surface area contributed by atoms with Crippen molar-refractivity contribution in [3.05, 3.63) is 29.8 Å². The summed E-state index contributed by atoms with van der Waals surface area (Å²) in [5.74, 6) is 0. The van der Waals surface area contributed by atoms with E-state index in [1.807, 2.05) is 6.92 Å². The molecule has 18 heavy (non-hydrogen) atoms.